The average molecular weight is 195 g/mol. The minimum Gasteiger partial charge on any atom is -0.372 e. The molecule has 0 aromatic carbocycles. The summed E-state index contributed by atoms with van der Waals surface area (Å²) in [7, 11) is 0. The number of nitrogens with two attached hydrogens (primary N) is 1. The SMILES string of the molecule is CCn1cncc1C1OCCC1CN. The van der Waals surface area contributed by atoms with E-state index in [4.69, 9.17) is 10.5 Å². The third kappa shape index (κ3) is 1.55. The van der Waals surface area contributed by atoms with E-state index in [1.807, 2.05) is 12.5 Å². The first-order valence-corrected chi connectivity index (χ1v) is 5.18. The molecular formula is C10H17N3O. The van der Waals surface area contributed by atoms with Crippen molar-refractivity contribution in [3.8, 4) is 0 Å². The van der Waals surface area contributed by atoms with Crippen LogP contribution in [0, 0.1) is 5.92 Å². The van der Waals surface area contributed by atoms with E-state index in [0.29, 0.717) is 12.5 Å². The molecule has 4 heteroatoms. The maximum absolute atomic E-state index is 5.71. The number of aromatic nitrogens is 2. The zero-order valence-corrected chi connectivity index (χ0v) is 8.52. The number of ether oxygens (including phenoxy) is 1. The second-order valence-corrected chi connectivity index (χ2v) is 3.68. The molecule has 14 heavy (non-hydrogen) atoms. The third-order valence-electron chi connectivity index (χ3n) is 2.89. The van der Waals surface area contributed by atoms with E-state index in [1.165, 1.54) is 5.69 Å². The van der Waals surface area contributed by atoms with Crippen molar-refractivity contribution in [3.63, 3.8) is 0 Å². The molecule has 1 saturated heterocycles. The van der Waals surface area contributed by atoms with Crippen LogP contribution in [0.25, 0.3) is 0 Å². The van der Waals surface area contributed by atoms with Crippen LogP contribution < -0.4 is 5.73 Å². The van der Waals surface area contributed by atoms with Gasteiger partial charge < -0.3 is 15.0 Å². The lowest BCUT2D eigenvalue weighted by molar-refractivity contribution is 0.0860. The van der Waals surface area contributed by atoms with Gasteiger partial charge in [0, 0.05) is 19.1 Å². The van der Waals surface area contributed by atoms with Gasteiger partial charge >= 0.3 is 0 Å². The fraction of sp³-hybridized carbons (Fsp3) is 0.700. The average Bonchev–Trinajstić information content (AvgIpc) is 2.85. The minimum atomic E-state index is 0.155. The van der Waals surface area contributed by atoms with Gasteiger partial charge in [0.25, 0.3) is 0 Å². The van der Waals surface area contributed by atoms with Crippen LogP contribution in [0.15, 0.2) is 12.5 Å². The summed E-state index contributed by atoms with van der Waals surface area (Å²) in [6.45, 7) is 4.56. The Hall–Kier alpha value is -0.870. The lowest BCUT2D eigenvalue weighted by Gasteiger charge is -2.17. The number of rotatable bonds is 3. The molecule has 0 radical (unpaired) electrons. The van der Waals surface area contributed by atoms with Crippen LogP contribution in [0.3, 0.4) is 0 Å². The summed E-state index contributed by atoms with van der Waals surface area (Å²) in [6, 6.07) is 0. The molecule has 0 aliphatic carbocycles. The minimum absolute atomic E-state index is 0.155. The number of imidazole rings is 1. The fourth-order valence-electron chi connectivity index (χ4n) is 2.03. The second kappa shape index (κ2) is 4.11. The Bertz CT molecular complexity index is 297. The molecular weight excluding hydrogens is 178 g/mol. The molecule has 0 bridgehead atoms. The maximum Gasteiger partial charge on any atom is 0.103 e. The van der Waals surface area contributed by atoms with E-state index in [1.54, 1.807) is 0 Å². The first kappa shape index (κ1) is 9.68. The first-order valence-electron chi connectivity index (χ1n) is 5.18. The van der Waals surface area contributed by atoms with Gasteiger partial charge in [0.05, 0.1) is 18.2 Å². The van der Waals surface area contributed by atoms with Crippen molar-refractivity contribution in [2.24, 2.45) is 11.7 Å². The van der Waals surface area contributed by atoms with Gasteiger partial charge in [-0.1, -0.05) is 0 Å². The summed E-state index contributed by atoms with van der Waals surface area (Å²) in [5.74, 6) is 0.456. The summed E-state index contributed by atoms with van der Waals surface area (Å²) >= 11 is 0. The molecule has 1 fully saturated rings. The summed E-state index contributed by atoms with van der Waals surface area (Å²) in [5.41, 5.74) is 6.88. The van der Waals surface area contributed by atoms with Gasteiger partial charge in [-0.05, 0) is 19.9 Å². The van der Waals surface area contributed by atoms with E-state index in [-0.39, 0.29) is 6.10 Å². The standard InChI is InChI=1S/C10H17N3O/c1-2-13-7-12-6-9(13)10-8(5-11)3-4-14-10/h6-8,10H,2-5,11H2,1H3. The molecule has 0 spiro atoms. The molecule has 2 atom stereocenters. The van der Waals surface area contributed by atoms with Gasteiger partial charge in [-0.25, -0.2) is 4.98 Å². The third-order valence-corrected chi connectivity index (χ3v) is 2.89. The van der Waals surface area contributed by atoms with Crippen molar-refractivity contribution >= 4 is 0 Å². The van der Waals surface area contributed by atoms with Gasteiger partial charge in [-0.3, -0.25) is 0 Å². The Morgan fingerprint density at radius 1 is 1.71 bits per heavy atom. The molecule has 4 nitrogen and oxygen atoms in total. The number of hydrogen-bond donors (Lipinski definition) is 1. The summed E-state index contributed by atoms with van der Waals surface area (Å²) in [4.78, 5) is 4.15. The van der Waals surface area contributed by atoms with Crippen LogP contribution >= 0.6 is 0 Å². The van der Waals surface area contributed by atoms with Crippen LogP contribution in [0.2, 0.25) is 0 Å². The summed E-state index contributed by atoms with van der Waals surface area (Å²) in [5, 5.41) is 0. The van der Waals surface area contributed by atoms with Crippen LogP contribution in [-0.4, -0.2) is 22.7 Å². The van der Waals surface area contributed by atoms with Crippen molar-refractivity contribution in [3.05, 3.63) is 18.2 Å². The van der Waals surface area contributed by atoms with Crippen molar-refractivity contribution in [2.45, 2.75) is 26.0 Å². The smallest absolute Gasteiger partial charge is 0.103 e. The maximum atomic E-state index is 5.71. The molecule has 1 aliphatic rings. The van der Waals surface area contributed by atoms with Gasteiger partial charge in [0.15, 0.2) is 0 Å². The largest absolute Gasteiger partial charge is 0.372 e. The van der Waals surface area contributed by atoms with E-state index >= 15 is 0 Å². The number of nitrogens with zero attached hydrogens (tertiary/aromatic N) is 2. The van der Waals surface area contributed by atoms with E-state index < -0.39 is 0 Å². The Morgan fingerprint density at radius 3 is 3.29 bits per heavy atom. The van der Waals surface area contributed by atoms with Crippen LogP contribution in [0.4, 0.5) is 0 Å². The lowest BCUT2D eigenvalue weighted by Crippen LogP contribution is -2.19. The predicted octanol–water partition coefficient (Wildman–Crippen LogP) is 0.939. The zero-order valence-electron chi connectivity index (χ0n) is 8.52. The molecule has 1 aliphatic heterocycles. The predicted molar refractivity (Wildman–Crippen MR) is 53.8 cm³/mol. The van der Waals surface area contributed by atoms with E-state index in [9.17, 15) is 0 Å². The highest BCUT2D eigenvalue weighted by atomic mass is 16.5. The van der Waals surface area contributed by atoms with Gasteiger partial charge in [-0.15, -0.1) is 0 Å². The second-order valence-electron chi connectivity index (χ2n) is 3.68. The lowest BCUT2D eigenvalue weighted by atomic mass is 10.00. The summed E-state index contributed by atoms with van der Waals surface area (Å²) in [6.07, 6.45) is 4.96. The van der Waals surface area contributed by atoms with Crippen LogP contribution in [0.1, 0.15) is 25.1 Å². The van der Waals surface area contributed by atoms with Crippen molar-refractivity contribution in [1.29, 1.82) is 0 Å². The molecule has 2 N–H and O–H groups in total. The first-order chi connectivity index (χ1) is 6.86. The Kier molecular flexibility index (Phi) is 2.84. The van der Waals surface area contributed by atoms with E-state index in [0.717, 1.165) is 19.6 Å². The monoisotopic (exact) mass is 195 g/mol. The molecule has 2 heterocycles. The molecule has 2 unspecified atom stereocenters. The molecule has 0 amide bonds. The van der Waals surface area contributed by atoms with E-state index in [2.05, 4.69) is 16.5 Å². The van der Waals surface area contributed by atoms with Gasteiger partial charge in [0.1, 0.15) is 6.10 Å². The number of aryl methyl sites for hydroxylation is 1. The van der Waals surface area contributed by atoms with Gasteiger partial charge in [-0.2, -0.15) is 0 Å². The zero-order chi connectivity index (χ0) is 9.97. The van der Waals surface area contributed by atoms with Crippen molar-refractivity contribution in [2.75, 3.05) is 13.2 Å². The van der Waals surface area contributed by atoms with Crippen LogP contribution in [-0.2, 0) is 11.3 Å². The highest BCUT2D eigenvalue weighted by Crippen LogP contribution is 2.33. The number of hydrogen-bond acceptors (Lipinski definition) is 3. The van der Waals surface area contributed by atoms with Gasteiger partial charge in [0.2, 0.25) is 0 Å². The fourth-order valence-corrected chi connectivity index (χ4v) is 2.03. The molecule has 2 rings (SSSR count). The molecule has 78 valence electrons. The highest BCUT2D eigenvalue weighted by molar-refractivity contribution is 5.06. The van der Waals surface area contributed by atoms with Crippen molar-refractivity contribution < 1.29 is 4.74 Å². The Balaban J connectivity index is 2.21. The Labute approximate surface area is 84.1 Å². The Morgan fingerprint density at radius 2 is 2.57 bits per heavy atom. The molecule has 1 aromatic rings. The van der Waals surface area contributed by atoms with Crippen molar-refractivity contribution in [1.82, 2.24) is 9.55 Å². The quantitative estimate of drug-likeness (QED) is 0.781. The molecule has 1 aromatic heterocycles. The topological polar surface area (TPSA) is 53.1 Å². The summed E-state index contributed by atoms with van der Waals surface area (Å²) < 4.78 is 7.83. The highest BCUT2D eigenvalue weighted by Gasteiger charge is 2.30. The normalized spacial score (nSPS) is 27.0. The molecule has 0 saturated carbocycles. The van der Waals surface area contributed by atoms with Crippen LogP contribution in [0.5, 0.6) is 0 Å².